The maximum Gasteiger partial charge on any atom is 0.112 e. The van der Waals surface area contributed by atoms with Gasteiger partial charge in [-0.3, -0.25) is 0 Å². The Morgan fingerprint density at radius 3 is 2.58 bits per heavy atom. The molecule has 1 saturated heterocycles. The van der Waals surface area contributed by atoms with Gasteiger partial charge < -0.3 is 5.32 Å². The molecule has 0 aromatic carbocycles. The standard InChI is InChI=1S/C9H16FNS/c10-9(2-1-3-9)4-5-11-8-6-12-7-8/h8,11H,1-7H2. The number of halogens is 1. The van der Waals surface area contributed by atoms with Crippen molar-refractivity contribution in [1.82, 2.24) is 5.32 Å². The van der Waals surface area contributed by atoms with Crippen LogP contribution in [-0.4, -0.2) is 29.8 Å². The number of nitrogens with one attached hydrogen (secondary N) is 1. The molecule has 1 aliphatic carbocycles. The Balaban J connectivity index is 1.55. The predicted octanol–water partition coefficient (Wildman–Crippen LogP) is 1.97. The van der Waals surface area contributed by atoms with Crippen molar-refractivity contribution < 1.29 is 4.39 Å². The molecule has 70 valence electrons. The van der Waals surface area contributed by atoms with E-state index < -0.39 is 5.67 Å². The largest absolute Gasteiger partial charge is 0.312 e. The molecule has 1 nitrogen and oxygen atoms in total. The molecule has 1 N–H and O–H groups in total. The molecule has 0 amide bonds. The van der Waals surface area contributed by atoms with Gasteiger partial charge in [0.2, 0.25) is 0 Å². The lowest BCUT2D eigenvalue weighted by Crippen LogP contribution is -2.43. The van der Waals surface area contributed by atoms with Gasteiger partial charge >= 0.3 is 0 Å². The highest BCUT2D eigenvalue weighted by Crippen LogP contribution is 2.38. The van der Waals surface area contributed by atoms with Crippen LogP contribution in [0.4, 0.5) is 4.39 Å². The lowest BCUT2D eigenvalue weighted by atomic mass is 9.79. The lowest BCUT2D eigenvalue weighted by Gasteiger charge is -2.35. The predicted molar refractivity (Wildman–Crippen MR) is 51.4 cm³/mol. The number of alkyl halides is 1. The molecule has 2 aliphatic rings. The zero-order chi connectivity index (χ0) is 8.44. The molecular formula is C9H16FNS. The number of hydrogen-bond acceptors (Lipinski definition) is 2. The van der Waals surface area contributed by atoms with Crippen molar-refractivity contribution in [3.8, 4) is 0 Å². The fourth-order valence-corrected chi connectivity index (χ4v) is 2.37. The second-order valence-electron chi connectivity index (χ2n) is 3.94. The zero-order valence-corrected chi connectivity index (χ0v) is 8.13. The van der Waals surface area contributed by atoms with Gasteiger partial charge in [-0.15, -0.1) is 0 Å². The highest BCUT2D eigenvalue weighted by molar-refractivity contribution is 8.00. The summed E-state index contributed by atoms with van der Waals surface area (Å²) in [6, 6.07) is 0.679. The highest BCUT2D eigenvalue weighted by atomic mass is 32.2. The molecule has 0 spiro atoms. The van der Waals surface area contributed by atoms with E-state index >= 15 is 0 Å². The molecule has 0 radical (unpaired) electrons. The fraction of sp³-hybridized carbons (Fsp3) is 1.00. The van der Waals surface area contributed by atoms with E-state index in [9.17, 15) is 4.39 Å². The monoisotopic (exact) mass is 189 g/mol. The van der Waals surface area contributed by atoms with Crippen LogP contribution < -0.4 is 5.32 Å². The average molecular weight is 189 g/mol. The molecule has 0 aromatic rings. The summed E-state index contributed by atoms with van der Waals surface area (Å²) in [5.41, 5.74) is -0.788. The van der Waals surface area contributed by atoms with E-state index in [1.165, 1.54) is 11.5 Å². The number of rotatable bonds is 4. The quantitative estimate of drug-likeness (QED) is 0.725. The summed E-state index contributed by atoms with van der Waals surface area (Å²) >= 11 is 1.97. The molecule has 2 fully saturated rings. The molecule has 0 bridgehead atoms. The molecular weight excluding hydrogens is 173 g/mol. The molecule has 12 heavy (non-hydrogen) atoms. The van der Waals surface area contributed by atoms with Crippen molar-refractivity contribution >= 4 is 11.8 Å². The van der Waals surface area contributed by atoms with Crippen LogP contribution in [0.25, 0.3) is 0 Å². The van der Waals surface area contributed by atoms with Gasteiger partial charge in [-0.1, -0.05) is 0 Å². The molecule has 0 unspecified atom stereocenters. The van der Waals surface area contributed by atoms with Crippen molar-refractivity contribution in [3.63, 3.8) is 0 Å². The van der Waals surface area contributed by atoms with Crippen molar-refractivity contribution in [1.29, 1.82) is 0 Å². The van der Waals surface area contributed by atoms with E-state index in [4.69, 9.17) is 0 Å². The van der Waals surface area contributed by atoms with Gasteiger partial charge in [-0.25, -0.2) is 4.39 Å². The molecule has 0 atom stereocenters. The Morgan fingerprint density at radius 2 is 2.17 bits per heavy atom. The van der Waals surface area contributed by atoms with Crippen molar-refractivity contribution in [2.45, 2.75) is 37.4 Å². The van der Waals surface area contributed by atoms with E-state index in [0.29, 0.717) is 6.04 Å². The third kappa shape index (κ3) is 1.94. The zero-order valence-electron chi connectivity index (χ0n) is 7.31. The van der Waals surface area contributed by atoms with Gasteiger partial charge in [0.1, 0.15) is 5.67 Å². The van der Waals surface area contributed by atoms with Crippen LogP contribution >= 0.6 is 11.8 Å². The first-order valence-corrected chi connectivity index (χ1v) is 5.94. The number of thioether (sulfide) groups is 1. The van der Waals surface area contributed by atoms with Crippen LogP contribution in [0.3, 0.4) is 0 Å². The second-order valence-corrected chi connectivity index (χ2v) is 5.02. The maximum atomic E-state index is 13.4. The summed E-state index contributed by atoms with van der Waals surface area (Å²) in [7, 11) is 0. The van der Waals surface area contributed by atoms with E-state index in [1.807, 2.05) is 11.8 Å². The average Bonchev–Trinajstić information content (AvgIpc) is 1.91. The minimum Gasteiger partial charge on any atom is -0.312 e. The minimum absolute atomic E-state index is 0.679. The van der Waals surface area contributed by atoms with Gasteiger partial charge in [0, 0.05) is 17.5 Å². The van der Waals surface area contributed by atoms with E-state index in [1.54, 1.807) is 0 Å². The fourth-order valence-electron chi connectivity index (χ4n) is 1.66. The molecule has 0 aromatic heterocycles. The summed E-state index contributed by atoms with van der Waals surface area (Å²) in [4.78, 5) is 0. The Labute approximate surface area is 77.5 Å². The number of hydrogen-bond donors (Lipinski definition) is 1. The van der Waals surface area contributed by atoms with Gasteiger partial charge in [-0.2, -0.15) is 11.8 Å². The Kier molecular flexibility index (Phi) is 2.60. The van der Waals surface area contributed by atoms with Crippen LogP contribution in [-0.2, 0) is 0 Å². The molecule has 3 heteroatoms. The highest BCUT2D eigenvalue weighted by Gasteiger charge is 2.36. The van der Waals surface area contributed by atoms with Crippen LogP contribution in [0.1, 0.15) is 25.7 Å². The van der Waals surface area contributed by atoms with Crippen molar-refractivity contribution in [2.75, 3.05) is 18.1 Å². The Morgan fingerprint density at radius 1 is 1.42 bits per heavy atom. The van der Waals surface area contributed by atoms with E-state index in [2.05, 4.69) is 5.32 Å². The van der Waals surface area contributed by atoms with Gasteiger partial charge in [0.25, 0.3) is 0 Å². The summed E-state index contributed by atoms with van der Waals surface area (Å²) in [6.07, 6.45) is 3.42. The Bertz CT molecular complexity index is 155. The molecule has 1 saturated carbocycles. The minimum atomic E-state index is -0.788. The third-order valence-electron chi connectivity index (χ3n) is 2.89. The van der Waals surface area contributed by atoms with Gasteiger partial charge in [0.15, 0.2) is 0 Å². The van der Waals surface area contributed by atoms with Crippen molar-refractivity contribution in [3.05, 3.63) is 0 Å². The lowest BCUT2D eigenvalue weighted by molar-refractivity contribution is 0.0537. The SMILES string of the molecule is FC1(CCNC2CSC2)CCC1. The van der Waals surface area contributed by atoms with Gasteiger partial charge in [-0.05, 0) is 32.2 Å². The maximum absolute atomic E-state index is 13.4. The van der Waals surface area contributed by atoms with E-state index in [-0.39, 0.29) is 0 Å². The van der Waals surface area contributed by atoms with Crippen LogP contribution in [0.15, 0.2) is 0 Å². The molecule has 1 aliphatic heterocycles. The summed E-state index contributed by atoms with van der Waals surface area (Å²) in [5.74, 6) is 2.44. The summed E-state index contributed by atoms with van der Waals surface area (Å²) in [6.45, 7) is 0.877. The molecule has 1 heterocycles. The van der Waals surface area contributed by atoms with Crippen LogP contribution in [0.5, 0.6) is 0 Å². The first-order valence-electron chi connectivity index (χ1n) is 4.79. The van der Waals surface area contributed by atoms with Crippen molar-refractivity contribution in [2.24, 2.45) is 0 Å². The van der Waals surface area contributed by atoms with Crippen LogP contribution in [0, 0.1) is 0 Å². The third-order valence-corrected chi connectivity index (χ3v) is 4.17. The summed E-state index contributed by atoms with van der Waals surface area (Å²) < 4.78 is 13.4. The topological polar surface area (TPSA) is 12.0 Å². The van der Waals surface area contributed by atoms with Crippen LogP contribution in [0.2, 0.25) is 0 Å². The second kappa shape index (κ2) is 3.54. The first-order chi connectivity index (χ1) is 5.79. The Hall–Kier alpha value is 0.240. The normalized spacial score (nSPS) is 27.8. The smallest absolute Gasteiger partial charge is 0.112 e. The molecule has 2 rings (SSSR count). The van der Waals surface area contributed by atoms with E-state index in [0.717, 1.165) is 32.2 Å². The van der Waals surface area contributed by atoms with Gasteiger partial charge in [0.05, 0.1) is 0 Å². The summed E-state index contributed by atoms with van der Waals surface area (Å²) in [5, 5.41) is 3.38. The first kappa shape index (κ1) is 8.82.